The molecule has 0 aliphatic heterocycles. The zero-order chi connectivity index (χ0) is 27.6. The second kappa shape index (κ2) is 8.88. The number of pyridine rings is 1. The Morgan fingerprint density at radius 2 is 0.929 bits per heavy atom. The number of benzene rings is 6. The molecule has 0 N–H and O–H groups in total. The third-order valence-electron chi connectivity index (χ3n) is 8.43. The number of hydrogen-bond donors (Lipinski definition) is 0. The third kappa shape index (κ3) is 3.29. The fourth-order valence-electron chi connectivity index (χ4n) is 6.52. The summed E-state index contributed by atoms with van der Waals surface area (Å²) in [4.78, 5) is 0. The predicted molar refractivity (Wildman–Crippen MR) is 173 cm³/mol. The fourth-order valence-corrected chi connectivity index (χ4v) is 6.52. The number of nitrogens with zero attached hydrogens (tertiary/aromatic N) is 4. The lowest BCUT2D eigenvalue weighted by Crippen LogP contribution is -1.95. The normalized spacial score (nSPS) is 11.8. The van der Waals surface area contributed by atoms with E-state index in [-0.39, 0.29) is 0 Å². The first-order chi connectivity index (χ1) is 20.8. The van der Waals surface area contributed by atoms with Crippen molar-refractivity contribution in [3.8, 4) is 28.2 Å². The van der Waals surface area contributed by atoms with Crippen LogP contribution in [0.25, 0.3) is 77.3 Å². The molecule has 3 aromatic heterocycles. The van der Waals surface area contributed by atoms with Crippen LogP contribution < -0.4 is 0 Å². The van der Waals surface area contributed by atoms with E-state index in [0.29, 0.717) is 0 Å². The molecular formula is C38H24N4. The molecule has 4 heteroatoms. The van der Waals surface area contributed by atoms with E-state index in [1.165, 1.54) is 38.1 Å². The minimum Gasteiger partial charge on any atom is -0.309 e. The molecule has 0 saturated carbocycles. The monoisotopic (exact) mass is 536 g/mol. The molecule has 0 radical (unpaired) electrons. The molecule has 0 atom stereocenters. The lowest BCUT2D eigenvalue weighted by atomic mass is 10.0. The lowest BCUT2D eigenvalue weighted by molar-refractivity contribution is 1.12. The van der Waals surface area contributed by atoms with Gasteiger partial charge < -0.3 is 4.57 Å². The van der Waals surface area contributed by atoms with Crippen LogP contribution >= 0.6 is 0 Å². The van der Waals surface area contributed by atoms with Gasteiger partial charge in [-0.3, -0.25) is 4.40 Å². The SMILES string of the molecule is c1cc(-c2ccc(-c3nnc4c5ccccc5c5ccccc5n34)cc2)cc(-n2c3ccccc3c3ccccc32)c1. The fraction of sp³-hybridized carbons (Fsp3) is 0. The molecular weight excluding hydrogens is 512 g/mol. The van der Waals surface area contributed by atoms with Gasteiger partial charge in [0, 0.05) is 32.8 Å². The van der Waals surface area contributed by atoms with Crippen LogP contribution in [0.4, 0.5) is 0 Å². The van der Waals surface area contributed by atoms with Crippen LogP contribution in [-0.2, 0) is 0 Å². The Labute approximate surface area is 241 Å². The van der Waals surface area contributed by atoms with Crippen molar-refractivity contribution in [2.24, 2.45) is 0 Å². The average Bonchev–Trinajstić information content (AvgIpc) is 3.66. The molecule has 0 bridgehead atoms. The Morgan fingerprint density at radius 1 is 0.381 bits per heavy atom. The van der Waals surface area contributed by atoms with Crippen molar-refractivity contribution in [1.29, 1.82) is 0 Å². The Morgan fingerprint density at radius 3 is 1.62 bits per heavy atom. The van der Waals surface area contributed by atoms with Crippen molar-refractivity contribution >= 4 is 49.1 Å². The number of aromatic nitrogens is 4. The van der Waals surface area contributed by atoms with E-state index in [2.05, 4.69) is 165 Å². The van der Waals surface area contributed by atoms with Gasteiger partial charge in [0.2, 0.25) is 0 Å². The lowest BCUT2D eigenvalue weighted by Gasteiger charge is -2.11. The number of hydrogen-bond acceptors (Lipinski definition) is 2. The molecule has 0 fully saturated rings. The highest BCUT2D eigenvalue weighted by atomic mass is 15.2. The molecule has 9 aromatic rings. The summed E-state index contributed by atoms with van der Waals surface area (Å²) in [6.07, 6.45) is 0. The van der Waals surface area contributed by atoms with Gasteiger partial charge in [-0.15, -0.1) is 10.2 Å². The molecule has 0 aliphatic rings. The van der Waals surface area contributed by atoms with Gasteiger partial charge in [-0.1, -0.05) is 115 Å². The molecule has 196 valence electrons. The molecule has 0 unspecified atom stereocenters. The second-order valence-corrected chi connectivity index (χ2v) is 10.7. The molecule has 3 heterocycles. The van der Waals surface area contributed by atoms with Crippen molar-refractivity contribution in [3.05, 3.63) is 146 Å². The van der Waals surface area contributed by atoms with Crippen molar-refractivity contribution in [2.75, 3.05) is 0 Å². The van der Waals surface area contributed by atoms with Crippen LogP contribution in [-0.4, -0.2) is 19.2 Å². The number of fused-ring (bicyclic) bond motifs is 9. The van der Waals surface area contributed by atoms with Crippen LogP contribution in [0.3, 0.4) is 0 Å². The highest BCUT2D eigenvalue weighted by molar-refractivity contribution is 6.12. The van der Waals surface area contributed by atoms with Crippen LogP contribution in [0, 0.1) is 0 Å². The van der Waals surface area contributed by atoms with E-state index in [0.717, 1.165) is 39.2 Å². The van der Waals surface area contributed by atoms with E-state index in [4.69, 9.17) is 0 Å². The second-order valence-electron chi connectivity index (χ2n) is 10.7. The van der Waals surface area contributed by atoms with Gasteiger partial charge in [0.1, 0.15) is 0 Å². The molecule has 42 heavy (non-hydrogen) atoms. The first kappa shape index (κ1) is 23.0. The summed E-state index contributed by atoms with van der Waals surface area (Å²) < 4.78 is 4.55. The molecule has 0 aliphatic carbocycles. The van der Waals surface area contributed by atoms with Crippen molar-refractivity contribution < 1.29 is 0 Å². The third-order valence-corrected chi connectivity index (χ3v) is 8.43. The molecule has 9 rings (SSSR count). The van der Waals surface area contributed by atoms with Gasteiger partial charge in [-0.05, 0) is 46.8 Å². The Balaban J connectivity index is 1.17. The molecule has 0 spiro atoms. The maximum Gasteiger partial charge on any atom is 0.169 e. The van der Waals surface area contributed by atoms with Crippen LogP contribution in [0.15, 0.2) is 146 Å². The van der Waals surface area contributed by atoms with E-state index in [1.807, 2.05) is 0 Å². The highest BCUT2D eigenvalue weighted by Gasteiger charge is 2.16. The summed E-state index contributed by atoms with van der Waals surface area (Å²) in [7, 11) is 0. The maximum atomic E-state index is 4.68. The summed E-state index contributed by atoms with van der Waals surface area (Å²) in [5.41, 5.74) is 8.92. The van der Waals surface area contributed by atoms with Gasteiger partial charge in [-0.2, -0.15) is 0 Å². The number of rotatable bonds is 3. The average molecular weight is 537 g/mol. The summed E-state index contributed by atoms with van der Waals surface area (Å²) >= 11 is 0. The standard InChI is InChI=1S/C38H24N4/c1-2-16-33-29(12-1)30-13-3-8-19-36(30)42-37(39-40-38(33)42)26-22-20-25(21-23-26)27-10-9-11-28(24-27)41-34-17-6-4-14-31(34)32-15-5-7-18-35(32)41/h1-24H. The van der Waals surface area contributed by atoms with E-state index < -0.39 is 0 Å². The van der Waals surface area contributed by atoms with E-state index in [1.54, 1.807) is 0 Å². The molecule has 4 nitrogen and oxygen atoms in total. The summed E-state index contributed by atoms with van der Waals surface area (Å²) in [6, 6.07) is 51.7. The summed E-state index contributed by atoms with van der Waals surface area (Å²) in [6.45, 7) is 0. The highest BCUT2D eigenvalue weighted by Crippen LogP contribution is 2.35. The predicted octanol–water partition coefficient (Wildman–Crippen LogP) is 9.47. The molecule has 6 aromatic carbocycles. The van der Waals surface area contributed by atoms with Crippen LogP contribution in [0.1, 0.15) is 0 Å². The van der Waals surface area contributed by atoms with Gasteiger partial charge in [0.15, 0.2) is 11.5 Å². The maximum absolute atomic E-state index is 4.68. The van der Waals surface area contributed by atoms with Crippen molar-refractivity contribution in [1.82, 2.24) is 19.2 Å². The topological polar surface area (TPSA) is 35.1 Å². The zero-order valence-electron chi connectivity index (χ0n) is 22.6. The van der Waals surface area contributed by atoms with E-state index >= 15 is 0 Å². The summed E-state index contributed by atoms with van der Waals surface area (Å²) in [5.74, 6) is 0.845. The first-order valence-corrected chi connectivity index (χ1v) is 14.2. The van der Waals surface area contributed by atoms with Gasteiger partial charge in [-0.25, -0.2) is 0 Å². The van der Waals surface area contributed by atoms with Crippen molar-refractivity contribution in [2.45, 2.75) is 0 Å². The zero-order valence-corrected chi connectivity index (χ0v) is 22.6. The Hall–Kier alpha value is -5.74. The van der Waals surface area contributed by atoms with Crippen molar-refractivity contribution in [3.63, 3.8) is 0 Å². The van der Waals surface area contributed by atoms with Gasteiger partial charge in [0.25, 0.3) is 0 Å². The summed E-state index contributed by atoms with van der Waals surface area (Å²) in [5, 5.41) is 15.4. The minimum atomic E-state index is 0.845. The van der Waals surface area contributed by atoms with Crippen LogP contribution in [0.2, 0.25) is 0 Å². The molecule has 0 saturated heterocycles. The van der Waals surface area contributed by atoms with Gasteiger partial charge in [0.05, 0.1) is 16.6 Å². The number of para-hydroxylation sites is 3. The first-order valence-electron chi connectivity index (χ1n) is 14.2. The Bertz CT molecular complexity index is 2410. The van der Waals surface area contributed by atoms with Gasteiger partial charge >= 0.3 is 0 Å². The van der Waals surface area contributed by atoms with Crippen LogP contribution in [0.5, 0.6) is 0 Å². The smallest absolute Gasteiger partial charge is 0.169 e. The largest absolute Gasteiger partial charge is 0.309 e. The molecule has 0 amide bonds. The Kier molecular flexibility index (Phi) is 4.87. The quantitative estimate of drug-likeness (QED) is 0.211. The van der Waals surface area contributed by atoms with E-state index in [9.17, 15) is 0 Å². The minimum absolute atomic E-state index is 0.845.